The monoisotopic (exact) mass is 300 g/mol. The standard InChI is InChI=1S/C20H16N2O/c23-20-9-7-18(14-22(20)13-15-4-2-1-3-5-15)16-6-8-19-17(12-16)10-11-21-19/h1-12,14,21H,13H2. The van der Waals surface area contributed by atoms with Crippen LogP contribution in [0.15, 0.2) is 83.9 Å². The van der Waals surface area contributed by atoms with Crippen molar-refractivity contribution in [3.05, 3.63) is 95.0 Å². The summed E-state index contributed by atoms with van der Waals surface area (Å²) in [5, 5.41) is 1.17. The maximum absolute atomic E-state index is 12.1. The van der Waals surface area contributed by atoms with Crippen LogP contribution in [0.1, 0.15) is 5.56 Å². The maximum atomic E-state index is 12.1. The van der Waals surface area contributed by atoms with Gasteiger partial charge < -0.3 is 9.55 Å². The molecule has 2 aromatic heterocycles. The molecule has 112 valence electrons. The molecule has 0 aliphatic rings. The van der Waals surface area contributed by atoms with E-state index in [0.29, 0.717) is 6.54 Å². The maximum Gasteiger partial charge on any atom is 0.250 e. The van der Waals surface area contributed by atoms with E-state index in [1.807, 2.05) is 48.8 Å². The molecule has 0 aliphatic heterocycles. The number of hydrogen-bond donors (Lipinski definition) is 1. The van der Waals surface area contributed by atoms with Crippen LogP contribution >= 0.6 is 0 Å². The third-order valence-electron chi connectivity index (χ3n) is 4.07. The molecule has 0 aliphatic carbocycles. The Labute approximate surface area is 133 Å². The number of rotatable bonds is 3. The minimum absolute atomic E-state index is 0.0142. The largest absolute Gasteiger partial charge is 0.361 e. The molecular weight excluding hydrogens is 284 g/mol. The first-order valence-electron chi connectivity index (χ1n) is 7.61. The fourth-order valence-corrected chi connectivity index (χ4v) is 2.84. The van der Waals surface area contributed by atoms with Gasteiger partial charge >= 0.3 is 0 Å². The highest BCUT2D eigenvalue weighted by molar-refractivity contribution is 5.84. The van der Waals surface area contributed by atoms with E-state index in [1.54, 1.807) is 10.6 Å². The Hall–Kier alpha value is -3.07. The zero-order chi connectivity index (χ0) is 15.6. The van der Waals surface area contributed by atoms with Gasteiger partial charge in [0.2, 0.25) is 0 Å². The van der Waals surface area contributed by atoms with Gasteiger partial charge in [0, 0.05) is 24.0 Å². The second kappa shape index (κ2) is 5.61. The van der Waals surface area contributed by atoms with Crippen LogP contribution in [0, 0.1) is 0 Å². The van der Waals surface area contributed by atoms with Crippen LogP contribution in [-0.4, -0.2) is 9.55 Å². The van der Waals surface area contributed by atoms with Crippen molar-refractivity contribution in [1.29, 1.82) is 0 Å². The first-order valence-corrected chi connectivity index (χ1v) is 7.61. The van der Waals surface area contributed by atoms with Crippen LogP contribution in [0.5, 0.6) is 0 Å². The topological polar surface area (TPSA) is 37.8 Å². The van der Waals surface area contributed by atoms with E-state index in [1.165, 1.54) is 5.39 Å². The van der Waals surface area contributed by atoms with Gasteiger partial charge in [-0.25, -0.2) is 0 Å². The Bertz CT molecular complexity index is 1010. The van der Waals surface area contributed by atoms with Gasteiger partial charge in [0.1, 0.15) is 0 Å². The van der Waals surface area contributed by atoms with Gasteiger partial charge in [0.05, 0.1) is 6.54 Å². The molecule has 0 bridgehead atoms. The molecule has 0 spiro atoms. The number of nitrogens with one attached hydrogen (secondary N) is 1. The molecule has 0 unspecified atom stereocenters. The normalized spacial score (nSPS) is 11.0. The van der Waals surface area contributed by atoms with E-state index in [4.69, 9.17) is 0 Å². The summed E-state index contributed by atoms with van der Waals surface area (Å²) in [6.07, 6.45) is 3.87. The fraction of sp³-hybridized carbons (Fsp3) is 0.0500. The SMILES string of the molecule is O=c1ccc(-c2ccc3[nH]ccc3c2)cn1Cc1ccccc1. The first-order chi connectivity index (χ1) is 11.3. The summed E-state index contributed by atoms with van der Waals surface area (Å²) in [5.41, 5.74) is 4.40. The van der Waals surface area contributed by atoms with Crippen molar-refractivity contribution in [3.8, 4) is 11.1 Å². The van der Waals surface area contributed by atoms with Crippen LogP contribution in [0.4, 0.5) is 0 Å². The number of nitrogens with zero attached hydrogens (tertiary/aromatic N) is 1. The third kappa shape index (κ3) is 2.69. The quantitative estimate of drug-likeness (QED) is 0.609. The minimum atomic E-state index is 0.0142. The summed E-state index contributed by atoms with van der Waals surface area (Å²) in [6.45, 7) is 0.583. The van der Waals surface area contributed by atoms with Crippen LogP contribution in [-0.2, 0) is 6.54 Å². The number of fused-ring (bicyclic) bond motifs is 1. The molecule has 0 saturated carbocycles. The van der Waals surface area contributed by atoms with Crippen molar-refractivity contribution in [1.82, 2.24) is 9.55 Å². The van der Waals surface area contributed by atoms with Gasteiger partial charge in [-0.3, -0.25) is 4.79 Å². The molecule has 0 radical (unpaired) electrons. The van der Waals surface area contributed by atoms with E-state index < -0.39 is 0 Å². The van der Waals surface area contributed by atoms with E-state index in [-0.39, 0.29) is 5.56 Å². The van der Waals surface area contributed by atoms with Crippen molar-refractivity contribution in [2.24, 2.45) is 0 Å². The van der Waals surface area contributed by atoms with E-state index >= 15 is 0 Å². The smallest absolute Gasteiger partial charge is 0.250 e. The molecule has 4 aromatic rings. The van der Waals surface area contributed by atoms with Gasteiger partial charge in [-0.1, -0.05) is 36.4 Å². The average molecular weight is 300 g/mol. The molecule has 0 saturated heterocycles. The molecule has 3 heteroatoms. The van der Waals surface area contributed by atoms with Gasteiger partial charge in [0.15, 0.2) is 0 Å². The van der Waals surface area contributed by atoms with Crippen LogP contribution in [0.3, 0.4) is 0 Å². The predicted octanol–water partition coefficient (Wildman–Crippen LogP) is 4.04. The van der Waals surface area contributed by atoms with Gasteiger partial charge in [0.25, 0.3) is 5.56 Å². The minimum Gasteiger partial charge on any atom is -0.361 e. The summed E-state index contributed by atoms with van der Waals surface area (Å²) < 4.78 is 1.76. The van der Waals surface area contributed by atoms with Crippen LogP contribution < -0.4 is 5.56 Å². The summed E-state index contributed by atoms with van der Waals surface area (Å²) in [4.78, 5) is 15.3. The molecule has 0 atom stereocenters. The Morgan fingerprint density at radius 2 is 1.70 bits per heavy atom. The molecule has 2 aromatic carbocycles. The molecule has 2 heterocycles. The average Bonchev–Trinajstić information content (AvgIpc) is 3.05. The Morgan fingerprint density at radius 3 is 2.57 bits per heavy atom. The lowest BCUT2D eigenvalue weighted by Crippen LogP contribution is -2.19. The number of H-pyrrole nitrogens is 1. The van der Waals surface area contributed by atoms with Crippen molar-refractivity contribution in [2.45, 2.75) is 6.54 Å². The Morgan fingerprint density at radius 1 is 0.870 bits per heavy atom. The van der Waals surface area contributed by atoms with Gasteiger partial charge in [-0.05, 0) is 46.3 Å². The Balaban J connectivity index is 1.75. The second-order valence-corrected chi connectivity index (χ2v) is 5.65. The number of aromatic nitrogens is 2. The van der Waals surface area contributed by atoms with Crippen LogP contribution in [0.2, 0.25) is 0 Å². The summed E-state index contributed by atoms with van der Waals surface area (Å²) >= 11 is 0. The van der Waals surface area contributed by atoms with Gasteiger partial charge in [-0.15, -0.1) is 0 Å². The fourth-order valence-electron chi connectivity index (χ4n) is 2.84. The lowest BCUT2D eigenvalue weighted by Gasteiger charge is -2.09. The zero-order valence-electron chi connectivity index (χ0n) is 12.6. The number of hydrogen-bond acceptors (Lipinski definition) is 1. The number of aromatic amines is 1. The lowest BCUT2D eigenvalue weighted by molar-refractivity contribution is 0.761. The number of pyridine rings is 1. The number of benzene rings is 2. The summed E-state index contributed by atoms with van der Waals surface area (Å²) in [7, 11) is 0. The summed E-state index contributed by atoms with van der Waals surface area (Å²) in [5.74, 6) is 0. The molecule has 0 fully saturated rings. The molecule has 23 heavy (non-hydrogen) atoms. The lowest BCUT2D eigenvalue weighted by atomic mass is 10.1. The first kappa shape index (κ1) is 13.6. The van der Waals surface area contributed by atoms with E-state index in [2.05, 4.69) is 29.2 Å². The highest BCUT2D eigenvalue weighted by Crippen LogP contribution is 2.23. The van der Waals surface area contributed by atoms with Crippen molar-refractivity contribution in [3.63, 3.8) is 0 Å². The van der Waals surface area contributed by atoms with Crippen molar-refractivity contribution in [2.75, 3.05) is 0 Å². The molecule has 0 amide bonds. The molecule has 4 rings (SSSR count). The van der Waals surface area contributed by atoms with Gasteiger partial charge in [-0.2, -0.15) is 0 Å². The summed E-state index contributed by atoms with van der Waals surface area (Å²) in [6, 6.07) is 21.9. The third-order valence-corrected chi connectivity index (χ3v) is 4.07. The molecular formula is C20H16N2O. The van der Waals surface area contributed by atoms with E-state index in [0.717, 1.165) is 22.2 Å². The highest BCUT2D eigenvalue weighted by Gasteiger charge is 2.04. The van der Waals surface area contributed by atoms with Crippen molar-refractivity contribution >= 4 is 10.9 Å². The predicted molar refractivity (Wildman–Crippen MR) is 93.5 cm³/mol. The Kier molecular flexibility index (Phi) is 3.31. The van der Waals surface area contributed by atoms with Crippen molar-refractivity contribution < 1.29 is 0 Å². The molecule has 1 N–H and O–H groups in total. The molecule has 3 nitrogen and oxygen atoms in total. The zero-order valence-corrected chi connectivity index (χ0v) is 12.6. The van der Waals surface area contributed by atoms with E-state index in [9.17, 15) is 4.79 Å². The highest BCUT2D eigenvalue weighted by atomic mass is 16.1. The van der Waals surface area contributed by atoms with Crippen LogP contribution in [0.25, 0.3) is 22.0 Å². The second-order valence-electron chi connectivity index (χ2n) is 5.65.